The zero-order chi connectivity index (χ0) is 27.5. The van der Waals surface area contributed by atoms with E-state index >= 15 is 0 Å². The first kappa shape index (κ1) is 28.9. The number of amides is 1. The molecular weight excluding hydrogens is 480 g/mol. The van der Waals surface area contributed by atoms with E-state index in [9.17, 15) is 9.59 Å². The van der Waals surface area contributed by atoms with Crippen LogP contribution in [0.4, 0.5) is 11.4 Å². The Morgan fingerprint density at radius 1 is 1.05 bits per heavy atom. The minimum Gasteiger partial charge on any atom is -0.465 e. The van der Waals surface area contributed by atoms with Gasteiger partial charge in [-0.25, -0.2) is 4.79 Å². The van der Waals surface area contributed by atoms with Gasteiger partial charge in [0.15, 0.2) is 8.32 Å². The van der Waals surface area contributed by atoms with Crippen molar-refractivity contribution in [1.82, 2.24) is 0 Å². The summed E-state index contributed by atoms with van der Waals surface area (Å²) in [7, 11) is -0.422. The summed E-state index contributed by atoms with van der Waals surface area (Å²) in [6, 6.07) is 9.69. The minimum atomic E-state index is -1.78. The van der Waals surface area contributed by atoms with Gasteiger partial charge >= 0.3 is 5.97 Å². The zero-order valence-electron chi connectivity index (χ0n) is 24.1. The zero-order valence-corrected chi connectivity index (χ0v) is 25.1. The SMILES string of the molecule is COC(=O)c1ccc(C)c(NC(=O)c2cc(N3CCCC(CO[Si](C)(C)C(C)(C)C)C3)ccc2C)c1C. The second kappa shape index (κ2) is 11.4. The Kier molecular flexibility index (Phi) is 8.91. The molecule has 1 fully saturated rings. The predicted molar refractivity (Wildman–Crippen MR) is 154 cm³/mol. The summed E-state index contributed by atoms with van der Waals surface area (Å²) in [5.74, 6) is -0.112. The second-order valence-corrected chi connectivity index (χ2v) is 16.7. The van der Waals surface area contributed by atoms with Crippen LogP contribution in [0.25, 0.3) is 0 Å². The lowest BCUT2D eigenvalue weighted by molar-refractivity contribution is 0.0599. The smallest absolute Gasteiger partial charge is 0.338 e. The van der Waals surface area contributed by atoms with Crippen molar-refractivity contribution in [2.24, 2.45) is 5.92 Å². The molecule has 1 unspecified atom stereocenters. The number of ether oxygens (including phenoxy) is 1. The number of aryl methyl sites for hydroxylation is 2. The summed E-state index contributed by atoms with van der Waals surface area (Å²) < 4.78 is 11.4. The number of hydrogen-bond donors (Lipinski definition) is 1. The molecular formula is C30H44N2O4Si. The molecule has 2 aromatic rings. The van der Waals surface area contributed by atoms with E-state index in [4.69, 9.17) is 9.16 Å². The van der Waals surface area contributed by atoms with Gasteiger partial charge in [0.1, 0.15) is 0 Å². The summed E-state index contributed by atoms with van der Waals surface area (Å²) in [5.41, 5.74) is 5.31. The molecule has 0 aromatic heterocycles. The number of methoxy groups -OCH3 is 1. The lowest BCUT2D eigenvalue weighted by Crippen LogP contribution is -2.44. The van der Waals surface area contributed by atoms with Crippen LogP contribution in [0, 0.1) is 26.7 Å². The number of hydrogen-bond acceptors (Lipinski definition) is 5. The molecule has 1 amide bonds. The number of carbonyl (C=O) groups is 2. The number of rotatable bonds is 7. The lowest BCUT2D eigenvalue weighted by atomic mass is 9.97. The summed E-state index contributed by atoms with van der Waals surface area (Å²) in [6.45, 7) is 19.9. The monoisotopic (exact) mass is 524 g/mol. The van der Waals surface area contributed by atoms with Crippen LogP contribution in [-0.2, 0) is 9.16 Å². The fourth-order valence-corrected chi connectivity index (χ4v) is 5.67. The van der Waals surface area contributed by atoms with Crippen molar-refractivity contribution < 1.29 is 18.8 Å². The highest BCUT2D eigenvalue weighted by molar-refractivity contribution is 6.74. The fraction of sp³-hybridized carbons (Fsp3) is 0.533. The maximum Gasteiger partial charge on any atom is 0.338 e. The van der Waals surface area contributed by atoms with Gasteiger partial charge in [0.2, 0.25) is 0 Å². The van der Waals surface area contributed by atoms with Crippen molar-refractivity contribution in [3.63, 3.8) is 0 Å². The van der Waals surface area contributed by atoms with Crippen LogP contribution >= 0.6 is 0 Å². The first-order chi connectivity index (χ1) is 17.2. The first-order valence-electron chi connectivity index (χ1n) is 13.2. The van der Waals surface area contributed by atoms with Gasteiger partial charge in [0.25, 0.3) is 5.91 Å². The van der Waals surface area contributed by atoms with Gasteiger partial charge in [0.05, 0.1) is 12.7 Å². The molecule has 1 atom stereocenters. The van der Waals surface area contributed by atoms with Gasteiger partial charge in [-0.2, -0.15) is 0 Å². The summed E-state index contributed by atoms with van der Waals surface area (Å²) in [5, 5.41) is 3.27. The maximum absolute atomic E-state index is 13.4. The third kappa shape index (κ3) is 6.63. The average molecular weight is 525 g/mol. The molecule has 1 aliphatic heterocycles. The number of benzene rings is 2. The van der Waals surface area contributed by atoms with E-state index in [1.807, 2.05) is 39.0 Å². The van der Waals surface area contributed by atoms with E-state index in [1.54, 1.807) is 6.07 Å². The van der Waals surface area contributed by atoms with Crippen molar-refractivity contribution >= 4 is 31.6 Å². The van der Waals surface area contributed by atoms with E-state index < -0.39 is 14.3 Å². The van der Waals surface area contributed by atoms with Crippen LogP contribution in [0.5, 0.6) is 0 Å². The second-order valence-electron chi connectivity index (χ2n) is 11.9. The van der Waals surface area contributed by atoms with Crippen LogP contribution < -0.4 is 10.2 Å². The van der Waals surface area contributed by atoms with Crippen molar-refractivity contribution in [3.05, 3.63) is 58.1 Å². The van der Waals surface area contributed by atoms with Gasteiger partial charge < -0.3 is 19.4 Å². The molecule has 2 aromatic carbocycles. The Hall–Kier alpha value is -2.64. The van der Waals surface area contributed by atoms with Crippen molar-refractivity contribution in [2.75, 3.05) is 37.0 Å². The van der Waals surface area contributed by atoms with Gasteiger partial charge in [-0.05, 0) is 92.6 Å². The van der Waals surface area contributed by atoms with Gasteiger partial charge in [0, 0.05) is 36.6 Å². The summed E-state index contributed by atoms with van der Waals surface area (Å²) in [4.78, 5) is 28.0. The minimum absolute atomic E-state index is 0.178. The van der Waals surface area contributed by atoms with Gasteiger partial charge in [-0.1, -0.05) is 32.9 Å². The van der Waals surface area contributed by atoms with Crippen LogP contribution in [0.15, 0.2) is 30.3 Å². The number of nitrogens with one attached hydrogen (secondary N) is 1. The third-order valence-electron chi connectivity index (χ3n) is 8.15. The standard InChI is InChI=1S/C30H44N2O4Si/c1-20-12-14-24(32-16-10-11-23(18-32)19-36-37(8,9)30(4,5)6)17-26(20)28(33)31-27-21(2)13-15-25(22(27)3)29(34)35-7/h12-15,17,23H,10-11,16,18-19H2,1-9H3,(H,31,33). The molecule has 37 heavy (non-hydrogen) atoms. The molecule has 202 valence electrons. The molecule has 6 nitrogen and oxygen atoms in total. The molecule has 0 spiro atoms. The number of esters is 1. The topological polar surface area (TPSA) is 67.9 Å². The van der Waals surface area contributed by atoms with Crippen LogP contribution in [0.2, 0.25) is 18.1 Å². The molecule has 1 heterocycles. The molecule has 0 saturated carbocycles. The first-order valence-corrected chi connectivity index (χ1v) is 16.2. The number of piperidine rings is 1. The van der Waals surface area contributed by atoms with E-state index in [1.165, 1.54) is 13.5 Å². The van der Waals surface area contributed by atoms with E-state index in [0.29, 0.717) is 28.3 Å². The van der Waals surface area contributed by atoms with E-state index in [2.05, 4.69) is 50.1 Å². The Morgan fingerprint density at radius 2 is 1.73 bits per heavy atom. The van der Waals surface area contributed by atoms with Crippen molar-refractivity contribution in [3.8, 4) is 0 Å². The Labute approximate surface area is 223 Å². The Bertz CT molecular complexity index is 1150. The number of nitrogens with zero attached hydrogens (tertiary/aromatic N) is 1. The average Bonchev–Trinajstić information content (AvgIpc) is 2.84. The molecule has 0 bridgehead atoms. The van der Waals surface area contributed by atoms with E-state index in [0.717, 1.165) is 42.9 Å². The lowest BCUT2D eigenvalue weighted by Gasteiger charge is -2.40. The highest BCUT2D eigenvalue weighted by atomic mass is 28.4. The normalized spacial score (nSPS) is 16.5. The molecule has 0 aliphatic carbocycles. The maximum atomic E-state index is 13.4. The number of carbonyl (C=O) groups excluding carboxylic acids is 2. The highest BCUT2D eigenvalue weighted by Crippen LogP contribution is 2.37. The molecule has 1 aliphatic rings. The fourth-order valence-electron chi connectivity index (χ4n) is 4.58. The van der Waals surface area contributed by atoms with Gasteiger partial charge in [-0.15, -0.1) is 0 Å². The Balaban J connectivity index is 1.77. The van der Waals surface area contributed by atoms with Crippen LogP contribution in [-0.4, -0.2) is 47.0 Å². The molecule has 1 saturated heterocycles. The largest absolute Gasteiger partial charge is 0.465 e. The molecule has 3 rings (SSSR count). The summed E-state index contributed by atoms with van der Waals surface area (Å²) in [6.07, 6.45) is 2.28. The highest BCUT2D eigenvalue weighted by Gasteiger charge is 2.38. The quantitative estimate of drug-likeness (QED) is 0.316. The molecule has 0 radical (unpaired) electrons. The van der Waals surface area contributed by atoms with Gasteiger partial charge in [-0.3, -0.25) is 4.79 Å². The van der Waals surface area contributed by atoms with Crippen molar-refractivity contribution in [2.45, 2.75) is 72.5 Å². The number of anilines is 2. The Morgan fingerprint density at radius 3 is 2.38 bits per heavy atom. The predicted octanol–water partition coefficient (Wildman–Crippen LogP) is 6.89. The third-order valence-corrected chi connectivity index (χ3v) is 12.7. The van der Waals surface area contributed by atoms with Crippen molar-refractivity contribution in [1.29, 1.82) is 0 Å². The molecule has 1 N–H and O–H groups in total. The van der Waals surface area contributed by atoms with Crippen LogP contribution in [0.3, 0.4) is 0 Å². The van der Waals surface area contributed by atoms with Crippen LogP contribution in [0.1, 0.15) is 71.0 Å². The van der Waals surface area contributed by atoms with E-state index in [-0.39, 0.29) is 10.9 Å². The molecule has 7 heteroatoms. The summed E-state index contributed by atoms with van der Waals surface area (Å²) >= 11 is 0.